The van der Waals surface area contributed by atoms with E-state index in [0.29, 0.717) is 11.3 Å². The molecule has 0 saturated carbocycles. The Balaban J connectivity index is 2.05. The first-order valence-electron chi connectivity index (χ1n) is 5.80. The number of nitrogens with one attached hydrogen (secondary N) is 2. The van der Waals surface area contributed by atoms with Crippen molar-refractivity contribution in [2.45, 2.75) is 11.1 Å². The van der Waals surface area contributed by atoms with E-state index in [4.69, 9.17) is 11.6 Å². The Morgan fingerprint density at radius 3 is 2.65 bits per heavy atom. The maximum atomic E-state index is 13.5. The first-order chi connectivity index (χ1) is 9.47. The normalized spacial score (nSPS) is 20.0. The minimum absolute atomic E-state index is 0.00665. The molecule has 0 amide bonds. The van der Waals surface area contributed by atoms with E-state index in [9.17, 15) is 12.8 Å². The van der Waals surface area contributed by atoms with Crippen LogP contribution in [0.2, 0.25) is 5.02 Å². The summed E-state index contributed by atoms with van der Waals surface area (Å²) < 4.78 is 40.2. The lowest BCUT2D eigenvalue weighted by Crippen LogP contribution is -2.38. The Hall–Kier alpha value is -1.63. The molecule has 1 atom stereocenters. The summed E-state index contributed by atoms with van der Waals surface area (Å²) in [7, 11) is -3.63. The number of anilines is 1. The highest BCUT2D eigenvalue weighted by atomic mass is 35.5. The SMILES string of the molecule is O=S1(=O)N[C@H](c2ccc(Cl)c(F)c2)Nc2ccccc21. The molecule has 2 aromatic carbocycles. The van der Waals surface area contributed by atoms with Gasteiger partial charge in [0.1, 0.15) is 16.9 Å². The minimum Gasteiger partial charge on any atom is -0.364 e. The summed E-state index contributed by atoms with van der Waals surface area (Å²) in [4.78, 5) is 0.172. The van der Waals surface area contributed by atoms with Crippen molar-refractivity contribution in [1.82, 2.24) is 4.72 Å². The van der Waals surface area contributed by atoms with Crippen molar-refractivity contribution in [3.8, 4) is 0 Å². The highest BCUT2D eigenvalue weighted by Gasteiger charge is 2.29. The van der Waals surface area contributed by atoms with Crippen LogP contribution in [-0.2, 0) is 10.0 Å². The summed E-state index contributed by atoms with van der Waals surface area (Å²) in [5, 5.41) is 3.01. The van der Waals surface area contributed by atoms with Crippen LogP contribution >= 0.6 is 11.6 Å². The maximum absolute atomic E-state index is 13.5. The predicted molar refractivity (Wildman–Crippen MR) is 74.5 cm³/mol. The molecular weight excluding hydrogens is 303 g/mol. The highest BCUT2D eigenvalue weighted by molar-refractivity contribution is 7.89. The van der Waals surface area contributed by atoms with Crippen LogP contribution in [0.15, 0.2) is 47.4 Å². The van der Waals surface area contributed by atoms with E-state index in [0.717, 1.165) is 0 Å². The van der Waals surface area contributed by atoms with Crippen LogP contribution < -0.4 is 10.0 Å². The molecule has 0 aliphatic carbocycles. The van der Waals surface area contributed by atoms with Crippen LogP contribution in [0.25, 0.3) is 0 Å². The second-order valence-electron chi connectivity index (χ2n) is 4.37. The Bertz CT molecular complexity index is 780. The van der Waals surface area contributed by atoms with Crippen molar-refractivity contribution in [2.24, 2.45) is 0 Å². The average Bonchev–Trinajstić information content (AvgIpc) is 2.41. The molecule has 2 aromatic rings. The molecule has 0 bridgehead atoms. The monoisotopic (exact) mass is 312 g/mol. The standard InChI is InChI=1S/C13H10ClFN2O2S/c14-9-6-5-8(7-10(9)15)13-16-11-3-1-2-4-12(11)20(18,19)17-13/h1-7,13,16-17H/t13-/m1/s1. The van der Waals surface area contributed by atoms with Gasteiger partial charge >= 0.3 is 0 Å². The third kappa shape index (κ3) is 2.26. The van der Waals surface area contributed by atoms with Crippen LogP contribution in [-0.4, -0.2) is 8.42 Å². The zero-order valence-electron chi connectivity index (χ0n) is 10.1. The second kappa shape index (κ2) is 4.73. The highest BCUT2D eigenvalue weighted by Crippen LogP contribution is 2.31. The molecule has 7 heteroatoms. The summed E-state index contributed by atoms with van der Waals surface area (Å²) in [6, 6.07) is 10.7. The molecule has 2 N–H and O–H groups in total. The third-order valence-corrected chi connectivity index (χ3v) is 4.81. The number of halogens is 2. The van der Waals surface area contributed by atoms with Crippen LogP contribution in [0, 0.1) is 5.82 Å². The van der Waals surface area contributed by atoms with Gasteiger partial charge in [-0.25, -0.2) is 12.8 Å². The van der Waals surface area contributed by atoms with Gasteiger partial charge in [-0.3, -0.25) is 0 Å². The Kier molecular flexibility index (Phi) is 3.16. The van der Waals surface area contributed by atoms with E-state index < -0.39 is 22.0 Å². The van der Waals surface area contributed by atoms with Crippen molar-refractivity contribution in [2.75, 3.05) is 5.32 Å². The van der Waals surface area contributed by atoms with Gasteiger partial charge in [-0.05, 0) is 29.8 Å². The van der Waals surface area contributed by atoms with E-state index >= 15 is 0 Å². The van der Waals surface area contributed by atoms with E-state index in [1.54, 1.807) is 24.3 Å². The van der Waals surface area contributed by atoms with E-state index in [-0.39, 0.29) is 9.92 Å². The summed E-state index contributed by atoms with van der Waals surface area (Å²) in [5.41, 5.74) is 0.927. The minimum atomic E-state index is -3.63. The van der Waals surface area contributed by atoms with Crippen molar-refractivity contribution < 1.29 is 12.8 Å². The molecule has 104 valence electrons. The van der Waals surface area contributed by atoms with E-state index in [1.807, 2.05) is 0 Å². The Morgan fingerprint density at radius 1 is 1.15 bits per heavy atom. The number of hydrogen-bond donors (Lipinski definition) is 2. The van der Waals surface area contributed by atoms with Gasteiger partial charge in [0.15, 0.2) is 0 Å². The molecule has 4 nitrogen and oxygen atoms in total. The van der Waals surface area contributed by atoms with Gasteiger partial charge in [0, 0.05) is 0 Å². The molecule has 3 rings (SSSR count). The summed E-state index contributed by atoms with van der Waals surface area (Å²) in [6.07, 6.45) is -0.735. The fourth-order valence-electron chi connectivity index (χ4n) is 2.07. The number of fused-ring (bicyclic) bond motifs is 1. The summed E-state index contributed by atoms with van der Waals surface area (Å²) in [5.74, 6) is -0.593. The van der Waals surface area contributed by atoms with Gasteiger partial charge in [0.05, 0.1) is 10.7 Å². The maximum Gasteiger partial charge on any atom is 0.244 e. The molecule has 0 aromatic heterocycles. The molecule has 0 radical (unpaired) electrons. The number of sulfonamides is 1. The Labute approximate surface area is 120 Å². The fourth-order valence-corrected chi connectivity index (χ4v) is 3.49. The summed E-state index contributed by atoms with van der Waals surface area (Å²) >= 11 is 5.62. The summed E-state index contributed by atoms with van der Waals surface area (Å²) in [6.45, 7) is 0. The lowest BCUT2D eigenvalue weighted by Gasteiger charge is -2.28. The number of rotatable bonds is 1. The molecule has 0 spiro atoms. The smallest absolute Gasteiger partial charge is 0.244 e. The van der Waals surface area contributed by atoms with Crippen molar-refractivity contribution in [3.05, 3.63) is 58.9 Å². The second-order valence-corrected chi connectivity index (χ2v) is 6.46. The molecule has 1 aliphatic heterocycles. The first kappa shape index (κ1) is 13.4. The quantitative estimate of drug-likeness (QED) is 0.851. The van der Waals surface area contributed by atoms with Crippen LogP contribution in [0.5, 0.6) is 0 Å². The zero-order chi connectivity index (χ0) is 14.3. The van der Waals surface area contributed by atoms with Gasteiger partial charge in [0.25, 0.3) is 0 Å². The molecular formula is C13H10ClFN2O2S. The number of para-hydroxylation sites is 1. The molecule has 0 saturated heterocycles. The Morgan fingerprint density at radius 2 is 1.90 bits per heavy atom. The molecule has 0 unspecified atom stereocenters. The van der Waals surface area contributed by atoms with Gasteiger partial charge in [-0.1, -0.05) is 29.8 Å². The van der Waals surface area contributed by atoms with Crippen molar-refractivity contribution in [1.29, 1.82) is 0 Å². The van der Waals surface area contributed by atoms with E-state index in [1.165, 1.54) is 18.2 Å². The van der Waals surface area contributed by atoms with Gasteiger partial charge in [-0.2, -0.15) is 4.72 Å². The van der Waals surface area contributed by atoms with Crippen LogP contribution in [0.1, 0.15) is 11.7 Å². The zero-order valence-corrected chi connectivity index (χ0v) is 11.7. The lowest BCUT2D eigenvalue weighted by atomic mass is 10.1. The van der Waals surface area contributed by atoms with Crippen molar-refractivity contribution >= 4 is 27.3 Å². The third-order valence-electron chi connectivity index (χ3n) is 3.03. The first-order valence-corrected chi connectivity index (χ1v) is 7.66. The predicted octanol–water partition coefficient (Wildman–Crippen LogP) is 2.88. The fraction of sp³-hybridized carbons (Fsp3) is 0.0769. The van der Waals surface area contributed by atoms with Crippen LogP contribution in [0.4, 0.5) is 10.1 Å². The molecule has 1 aliphatic rings. The van der Waals surface area contributed by atoms with Crippen LogP contribution in [0.3, 0.4) is 0 Å². The topological polar surface area (TPSA) is 58.2 Å². The average molecular weight is 313 g/mol. The van der Waals surface area contributed by atoms with Gasteiger partial charge in [-0.15, -0.1) is 0 Å². The lowest BCUT2D eigenvalue weighted by molar-refractivity contribution is 0.560. The molecule has 1 heterocycles. The van der Waals surface area contributed by atoms with Gasteiger partial charge < -0.3 is 5.32 Å². The molecule has 20 heavy (non-hydrogen) atoms. The molecule has 0 fully saturated rings. The van der Waals surface area contributed by atoms with Crippen molar-refractivity contribution in [3.63, 3.8) is 0 Å². The number of benzene rings is 2. The van der Waals surface area contributed by atoms with Gasteiger partial charge in [0.2, 0.25) is 10.0 Å². The largest absolute Gasteiger partial charge is 0.364 e. The van der Waals surface area contributed by atoms with E-state index in [2.05, 4.69) is 10.0 Å². The number of hydrogen-bond acceptors (Lipinski definition) is 3.